The van der Waals surface area contributed by atoms with Crippen LogP contribution in [0.1, 0.15) is 35.1 Å². The van der Waals surface area contributed by atoms with Crippen molar-refractivity contribution in [2.75, 3.05) is 18.3 Å². The summed E-state index contributed by atoms with van der Waals surface area (Å²) in [6.07, 6.45) is 2.59. The number of thioether (sulfide) groups is 1. The largest absolute Gasteiger partial charge is 0.451 e. The summed E-state index contributed by atoms with van der Waals surface area (Å²) >= 11 is 1.26. The van der Waals surface area contributed by atoms with Crippen molar-refractivity contribution in [3.63, 3.8) is 0 Å². The summed E-state index contributed by atoms with van der Waals surface area (Å²) in [5.74, 6) is 0.436. The summed E-state index contributed by atoms with van der Waals surface area (Å²) in [6.45, 7) is 3.57. The Hall–Kier alpha value is -3.95. The lowest BCUT2D eigenvalue weighted by atomic mass is 9.97. The Morgan fingerprint density at radius 2 is 1.84 bits per heavy atom. The molecule has 0 fully saturated rings. The Labute approximate surface area is 219 Å². The Balaban J connectivity index is 1.52. The number of aromatic nitrogens is 2. The van der Waals surface area contributed by atoms with E-state index in [-0.39, 0.29) is 19.1 Å². The van der Waals surface area contributed by atoms with Crippen molar-refractivity contribution >= 4 is 51.5 Å². The third-order valence-electron chi connectivity index (χ3n) is 6.07. The Bertz CT molecular complexity index is 1490. The number of rotatable bonds is 10. The first-order valence-electron chi connectivity index (χ1n) is 11.7. The lowest BCUT2D eigenvalue weighted by Crippen LogP contribution is -2.22. The number of nitrogens with zero attached hydrogens (tertiary/aromatic N) is 3. The summed E-state index contributed by atoms with van der Waals surface area (Å²) in [5, 5.41) is 13.4. The number of hydrogen-bond acceptors (Lipinski definition) is 8. The van der Waals surface area contributed by atoms with Crippen LogP contribution in [0.5, 0.6) is 0 Å². The van der Waals surface area contributed by atoms with E-state index >= 15 is 0 Å². The number of anilines is 1. The number of amides is 1. The molecule has 1 amide bonds. The van der Waals surface area contributed by atoms with Crippen LogP contribution in [0.4, 0.5) is 5.82 Å². The number of hydrogen-bond donors (Lipinski definition) is 2. The van der Waals surface area contributed by atoms with Crippen LogP contribution < -0.4 is 5.73 Å². The molecule has 3 aromatic carbocycles. The summed E-state index contributed by atoms with van der Waals surface area (Å²) in [4.78, 5) is 35.5. The van der Waals surface area contributed by atoms with Crippen LogP contribution >= 0.6 is 11.8 Å². The fourth-order valence-electron chi connectivity index (χ4n) is 4.13. The highest BCUT2D eigenvalue weighted by Crippen LogP contribution is 2.30. The highest BCUT2D eigenvalue weighted by Gasteiger charge is 2.17. The average molecular weight is 517 g/mol. The van der Waals surface area contributed by atoms with Crippen molar-refractivity contribution in [1.29, 1.82) is 0 Å². The third-order valence-corrected chi connectivity index (χ3v) is 7.15. The van der Waals surface area contributed by atoms with Gasteiger partial charge in [-0.2, -0.15) is 0 Å². The van der Waals surface area contributed by atoms with Gasteiger partial charge in [0.25, 0.3) is 0 Å². The molecule has 9 heteroatoms. The molecular weight excluding hydrogens is 488 g/mol. The predicted octanol–water partition coefficient (Wildman–Crippen LogP) is 4.79. The van der Waals surface area contributed by atoms with Gasteiger partial charge in [-0.1, -0.05) is 60.3 Å². The van der Waals surface area contributed by atoms with E-state index in [0.29, 0.717) is 41.3 Å². The Morgan fingerprint density at radius 3 is 2.54 bits per heavy atom. The van der Waals surface area contributed by atoms with E-state index in [1.807, 2.05) is 54.6 Å². The Kier molecular flexibility index (Phi) is 8.37. The summed E-state index contributed by atoms with van der Waals surface area (Å²) < 4.78 is 5.64. The van der Waals surface area contributed by atoms with Gasteiger partial charge in [0.2, 0.25) is 6.41 Å². The molecule has 0 unspecified atom stereocenters. The van der Waals surface area contributed by atoms with Crippen molar-refractivity contribution in [2.24, 2.45) is 0 Å². The highest BCUT2D eigenvalue weighted by molar-refractivity contribution is 8.02. The number of aliphatic hydroxyl groups excluding tert-OH is 1. The molecule has 4 aromatic rings. The molecule has 3 N–H and O–H groups in total. The second-order valence-corrected chi connectivity index (χ2v) is 9.45. The molecule has 0 saturated carbocycles. The van der Waals surface area contributed by atoms with E-state index in [2.05, 4.69) is 9.97 Å². The van der Waals surface area contributed by atoms with Crippen molar-refractivity contribution < 1.29 is 19.4 Å². The molecule has 0 aliphatic carbocycles. The van der Waals surface area contributed by atoms with E-state index in [1.165, 1.54) is 16.7 Å². The van der Waals surface area contributed by atoms with Crippen molar-refractivity contribution in [3.8, 4) is 0 Å². The zero-order chi connectivity index (χ0) is 26.4. The van der Waals surface area contributed by atoms with Gasteiger partial charge in [0.15, 0.2) is 0 Å². The van der Waals surface area contributed by atoms with Crippen LogP contribution in [0.3, 0.4) is 0 Å². The predicted molar refractivity (Wildman–Crippen MR) is 147 cm³/mol. The maximum Gasteiger partial charge on any atom is 0.339 e. The van der Waals surface area contributed by atoms with E-state index in [4.69, 9.17) is 10.5 Å². The van der Waals surface area contributed by atoms with E-state index in [1.54, 1.807) is 20.0 Å². The van der Waals surface area contributed by atoms with Gasteiger partial charge >= 0.3 is 5.97 Å². The van der Waals surface area contributed by atoms with Crippen LogP contribution in [0.15, 0.2) is 71.4 Å². The minimum atomic E-state index is -0.438. The minimum Gasteiger partial charge on any atom is -0.451 e. The zero-order valence-corrected chi connectivity index (χ0v) is 21.5. The fourth-order valence-corrected chi connectivity index (χ4v) is 5.00. The number of nitrogen functional groups attached to an aromatic ring is 1. The molecule has 37 heavy (non-hydrogen) atoms. The van der Waals surface area contributed by atoms with Crippen LogP contribution in [0, 0.1) is 6.92 Å². The number of carbonyl (C=O) groups excluding carboxylic acids is 2. The molecule has 4 rings (SSSR count). The molecule has 0 atom stereocenters. The standard InChI is InChI=1S/C28H28N4O4S/c1-18(32(16-34)15-21-14-30-19(2)31-27(21)29)26(11-12-33)37-17-36-28(35)25-13-20-7-3-4-8-22(20)23-9-5-6-10-24(23)25/h3-10,13-14,16,33H,11-12,15,17H2,1-2H3,(H2,29,30,31). The molecule has 0 bridgehead atoms. The van der Waals surface area contributed by atoms with E-state index < -0.39 is 5.97 Å². The number of ether oxygens (including phenoxy) is 1. The number of allylic oxidation sites excluding steroid dienone is 1. The number of fused-ring (bicyclic) bond motifs is 3. The molecule has 0 saturated heterocycles. The number of carbonyl (C=O) groups is 2. The smallest absolute Gasteiger partial charge is 0.339 e. The average Bonchev–Trinajstić information content (AvgIpc) is 2.91. The fraction of sp³-hybridized carbons (Fsp3) is 0.214. The van der Waals surface area contributed by atoms with Crippen LogP contribution in [-0.4, -0.2) is 44.9 Å². The number of aryl methyl sites for hydroxylation is 1. The highest BCUT2D eigenvalue weighted by atomic mass is 32.2. The van der Waals surface area contributed by atoms with Crippen LogP contribution in [-0.2, 0) is 16.1 Å². The maximum atomic E-state index is 13.1. The quantitative estimate of drug-likeness (QED) is 0.134. The zero-order valence-electron chi connectivity index (χ0n) is 20.7. The van der Waals surface area contributed by atoms with Gasteiger partial charge in [-0.25, -0.2) is 14.8 Å². The summed E-state index contributed by atoms with van der Waals surface area (Å²) in [6, 6.07) is 17.5. The van der Waals surface area contributed by atoms with E-state index in [9.17, 15) is 14.7 Å². The SMILES string of the molecule is CC(=C(CCO)SCOC(=O)c1cc2ccccc2c2ccccc12)N(C=O)Cc1cnc(C)nc1N. The first-order valence-corrected chi connectivity index (χ1v) is 12.7. The summed E-state index contributed by atoms with van der Waals surface area (Å²) in [5.41, 5.74) is 7.72. The first-order chi connectivity index (χ1) is 17.9. The second kappa shape index (κ2) is 11.9. The number of nitrogens with two attached hydrogens (primary N) is 1. The molecule has 0 aliphatic heterocycles. The van der Waals surface area contributed by atoms with E-state index in [0.717, 1.165) is 26.5 Å². The molecule has 0 radical (unpaired) electrons. The maximum absolute atomic E-state index is 13.1. The third kappa shape index (κ3) is 5.90. The van der Waals surface area contributed by atoms with Crippen molar-refractivity contribution in [3.05, 3.63) is 88.3 Å². The van der Waals surface area contributed by atoms with Crippen LogP contribution in [0.25, 0.3) is 21.5 Å². The van der Waals surface area contributed by atoms with Gasteiger partial charge in [0.1, 0.15) is 17.6 Å². The molecule has 8 nitrogen and oxygen atoms in total. The minimum absolute atomic E-state index is 0.0230. The topological polar surface area (TPSA) is 119 Å². The number of aliphatic hydroxyl groups is 1. The number of esters is 1. The molecule has 0 spiro atoms. The van der Waals surface area contributed by atoms with Gasteiger partial charge in [-0.15, -0.1) is 0 Å². The van der Waals surface area contributed by atoms with Gasteiger partial charge in [-0.05, 0) is 41.5 Å². The second-order valence-electron chi connectivity index (χ2n) is 8.43. The normalized spacial score (nSPS) is 11.9. The molecule has 1 heterocycles. The lowest BCUT2D eigenvalue weighted by molar-refractivity contribution is -0.116. The monoisotopic (exact) mass is 516 g/mol. The lowest BCUT2D eigenvalue weighted by Gasteiger charge is -2.22. The molecular formula is C28H28N4O4S. The van der Waals surface area contributed by atoms with Crippen LogP contribution in [0.2, 0.25) is 0 Å². The van der Waals surface area contributed by atoms with Crippen molar-refractivity contribution in [1.82, 2.24) is 14.9 Å². The summed E-state index contributed by atoms with van der Waals surface area (Å²) in [7, 11) is 0. The van der Waals surface area contributed by atoms with Gasteiger partial charge in [-0.3, -0.25) is 4.79 Å². The van der Waals surface area contributed by atoms with Gasteiger partial charge < -0.3 is 20.5 Å². The molecule has 0 aliphatic rings. The first kappa shape index (κ1) is 26.1. The molecule has 190 valence electrons. The molecule has 1 aromatic heterocycles. The van der Waals surface area contributed by atoms with Crippen molar-refractivity contribution in [2.45, 2.75) is 26.8 Å². The van der Waals surface area contributed by atoms with Gasteiger partial charge in [0, 0.05) is 35.4 Å². The number of benzene rings is 3. The van der Waals surface area contributed by atoms with Gasteiger partial charge in [0.05, 0.1) is 12.1 Å². The Morgan fingerprint density at radius 1 is 1.14 bits per heavy atom.